The molecule has 2 aliphatic carbocycles. The molecule has 4 nitrogen and oxygen atoms in total. The largest absolute Gasteiger partial charge is 0.378 e. The molecule has 1 N–H and O–H groups in total. The van der Waals surface area contributed by atoms with Gasteiger partial charge in [0, 0.05) is 50.2 Å². The molecule has 0 amide bonds. The number of rotatable bonds is 6. The van der Waals surface area contributed by atoms with E-state index in [0.29, 0.717) is 17.6 Å². The lowest BCUT2D eigenvalue weighted by Crippen LogP contribution is -2.62. The summed E-state index contributed by atoms with van der Waals surface area (Å²) in [6, 6.07) is 0.666. The molecule has 1 spiro atoms. The Kier molecular flexibility index (Phi) is 4.46. The fourth-order valence-electron chi connectivity index (χ4n) is 5.14. The third kappa shape index (κ3) is 2.85. The van der Waals surface area contributed by atoms with Crippen LogP contribution in [0.25, 0.3) is 0 Å². The van der Waals surface area contributed by atoms with Gasteiger partial charge in [0.05, 0.1) is 11.8 Å². The van der Waals surface area contributed by atoms with Crippen molar-refractivity contribution in [2.75, 3.05) is 13.2 Å². The second kappa shape index (κ2) is 6.56. The summed E-state index contributed by atoms with van der Waals surface area (Å²) in [4.78, 5) is 4.82. The van der Waals surface area contributed by atoms with Gasteiger partial charge in [0.15, 0.2) is 0 Å². The molecule has 0 aromatic carbocycles. The first-order valence-electron chi connectivity index (χ1n) is 9.72. The topological polar surface area (TPSA) is 39.1 Å². The van der Waals surface area contributed by atoms with Crippen molar-refractivity contribution in [3.05, 3.63) is 17.7 Å². The molecule has 0 saturated heterocycles. The number of hydrogen-bond acceptors (Lipinski definition) is 3. The van der Waals surface area contributed by atoms with Gasteiger partial charge in [-0.15, -0.1) is 0 Å². The Morgan fingerprint density at radius 1 is 1.30 bits per heavy atom. The summed E-state index contributed by atoms with van der Waals surface area (Å²) in [5.74, 6) is 1.30. The van der Waals surface area contributed by atoms with Crippen LogP contribution in [0, 0.1) is 5.41 Å². The molecule has 2 fully saturated rings. The van der Waals surface area contributed by atoms with Gasteiger partial charge in [-0.1, -0.05) is 12.8 Å². The summed E-state index contributed by atoms with van der Waals surface area (Å²) in [7, 11) is 0. The highest BCUT2D eigenvalue weighted by atomic mass is 16.5. The molecule has 0 unspecified atom stereocenters. The predicted octanol–water partition coefficient (Wildman–Crippen LogP) is 3.09. The smallest absolute Gasteiger partial charge is 0.108 e. The summed E-state index contributed by atoms with van der Waals surface area (Å²) >= 11 is 0. The lowest BCUT2D eigenvalue weighted by atomic mass is 9.60. The van der Waals surface area contributed by atoms with Gasteiger partial charge in [-0.3, -0.25) is 0 Å². The van der Waals surface area contributed by atoms with E-state index in [0.717, 1.165) is 32.5 Å². The molecular formula is C19H31N3O. The van der Waals surface area contributed by atoms with E-state index in [4.69, 9.17) is 9.72 Å². The molecule has 1 aromatic heterocycles. The third-order valence-corrected chi connectivity index (χ3v) is 6.42. The second-order valence-corrected chi connectivity index (χ2v) is 7.68. The molecule has 128 valence electrons. The summed E-state index contributed by atoms with van der Waals surface area (Å²) < 4.78 is 8.38. The normalized spacial score (nSPS) is 28.7. The Labute approximate surface area is 140 Å². The van der Waals surface area contributed by atoms with E-state index in [1.807, 2.05) is 0 Å². The Morgan fingerprint density at radius 3 is 2.96 bits per heavy atom. The van der Waals surface area contributed by atoms with Crippen molar-refractivity contribution in [3.63, 3.8) is 0 Å². The van der Waals surface area contributed by atoms with E-state index in [2.05, 4.69) is 23.0 Å². The maximum absolute atomic E-state index is 6.01. The lowest BCUT2D eigenvalue weighted by Gasteiger charge is -2.54. The van der Waals surface area contributed by atoms with Gasteiger partial charge in [0.1, 0.15) is 5.82 Å². The summed E-state index contributed by atoms with van der Waals surface area (Å²) in [5, 5.41) is 3.84. The third-order valence-electron chi connectivity index (χ3n) is 6.42. The predicted molar refractivity (Wildman–Crippen MR) is 91.6 cm³/mol. The molecule has 1 aliphatic heterocycles. The molecule has 3 aliphatic rings. The minimum absolute atomic E-state index is 0.448. The van der Waals surface area contributed by atoms with Crippen LogP contribution in [0.5, 0.6) is 0 Å². The fourth-order valence-corrected chi connectivity index (χ4v) is 5.14. The Hall–Kier alpha value is -0.870. The van der Waals surface area contributed by atoms with Crippen molar-refractivity contribution >= 4 is 0 Å². The summed E-state index contributed by atoms with van der Waals surface area (Å²) in [6.07, 6.45) is 14.3. The highest BCUT2D eigenvalue weighted by molar-refractivity contribution is 5.11. The Bertz CT molecular complexity index is 509. The zero-order valence-electron chi connectivity index (χ0n) is 14.5. The fraction of sp³-hybridized carbons (Fsp3) is 0.842. The minimum Gasteiger partial charge on any atom is -0.378 e. The number of nitrogens with zero attached hydrogens (tertiary/aromatic N) is 2. The highest BCUT2D eigenvalue weighted by Crippen LogP contribution is 2.54. The molecule has 2 saturated carbocycles. The molecule has 1 aromatic rings. The molecule has 2 atom stereocenters. The van der Waals surface area contributed by atoms with Gasteiger partial charge in [-0.2, -0.15) is 0 Å². The molecule has 0 radical (unpaired) electrons. The van der Waals surface area contributed by atoms with Crippen LogP contribution in [-0.2, 0) is 24.1 Å². The number of imidazole rings is 1. The van der Waals surface area contributed by atoms with Gasteiger partial charge >= 0.3 is 0 Å². The molecule has 23 heavy (non-hydrogen) atoms. The SMILES string of the molecule is CCO[C@@H]1C[C@H](NCCc2cn3c(n2)CCCC3)C12CCCC2. The van der Waals surface area contributed by atoms with Crippen LogP contribution in [0.3, 0.4) is 0 Å². The monoisotopic (exact) mass is 317 g/mol. The van der Waals surface area contributed by atoms with Crippen LogP contribution < -0.4 is 5.32 Å². The zero-order valence-corrected chi connectivity index (χ0v) is 14.5. The van der Waals surface area contributed by atoms with Gasteiger partial charge in [0.25, 0.3) is 0 Å². The second-order valence-electron chi connectivity index (χ2n) is 7.68. The minimum atomic E-state index is 0.448. The number of hydrogen-bond donors (Lipinski definition) is 1. The number of nitrogens with one attached hydrogen (secondary N) is 1. The Morgan fingerprint density at radius 2 is 2.17 bits per heavy atom. The van der Waals surface area contributed by atoms with Crippen molar-refractivity contribution in [1.29, 1.82) is 0 Å². The molecule has 4 rings (SSSR count). The van der Waals surface area contributed by atoms with E-state index in [1.165, 1.54) is 56.5 Å². The number of aryl methyl sites for hydroxylation is 2. The van der Waals surface area contributed by atoms with E-state index < -0.39 is 0 Å². The van der Waals surface area contributed by atoms with E-state index in [9.17, 15) is 0 Å². The highest BCUT2D eigenvalue weighted by Gasteiger charge is 2.56. The lowest BCUT2D eigenvalue weighted by molar-refractivity contribution is -0.130. The van der Waals surface area contributed by atoms with Crippen molar-refractivity contribution in [2.45, 2.75) is 83.4 Å². The van der Waals surface area contributed by atoms with Gasteiger partial charge in [-0.05, 0) is 39.0 Å². The number of aromatic nitrogens is 2. The van der Waals surface area contributed by atoms with Gasteiger partial charge in [0.2, 0.25) is 0 Å². The van der Waals surface area contributed by atoms with Crippen molar-refractivity contribution < 1.29 is 4.74 Å². The van der Waals surface area contributed by atoms with Crippen LogP contribution in [-0.4, -0.2) is 34.8 Å². The van der Waals surface area contributed by atoms with Crippen LogP contribution in [0.1, 0.15) is 63.4 Å². The standard InChI is InChI=1S/C19H31N3O/c1-2-23-17-13-16(19(17)9-4-5-10-19)20-11-8-15-14-22-12-6-3-7-18(22)21-15/h14,16-17,20H,2-13H2,1H3/t16-,17+/m0/s1. The van der Waals surface area contributed by atoms with E-state index >= 15 is 0 Å². The molecule has 0 bridgehead atoms. The van der Waals surface area contributed by atoms with Crippen LogP contribution in [0.2, 0.25) is 0 Å². The van der Waals surface area contributed by atoms with Crippen molar-refractivity contribution in [2.24, 2.45) is 5.41 Å². The number of ether oxygens (including phenoxy) is 1. The van der Waals surface area contributed by atoms with Crippen LogP contribution in [0.4, 0.5) is 0 Å². The molecule has 4 heteroatoms. The van der Waals surface area contributed by atoms with Crippen LogP contribution in [0.15, 0.2) is 6.20 Å². The average Bonchev–Trinajstić information content (AvgIpc) is 3.21. The first-order valence-corrected chi connectivity index (χ1v) is 9.72. The average molecular weight is 317 g/mol. The maximum atomic E-state index is 6.01. The first kappa shape index (κ1) is 15.6. The summed E-state index contributed by atoms with van der Waals surface area (Å²) in [6.45, 7) is 5.21. The van der Waals surface area contributed by atoms with Crippen molar-refractivity contribution in [3.8, 4) is 0 Å². The van der Waals surface area contributed by atoms with Crippen LogP contribution >= 0.6 is 0 Å². The molecule has 2 heterocycles. The Balaban J connectivity index is 1.30. The maximum Gasteiger partial charge on any atom is 0.108 e. The molecular weight excluding hydrogens is 286 g/mol. The van der Waals surface area contributed by atoms with Gasteiger partial charge < -0.3 is 14.6 Å². The summed E-state index contributed by atoms with van der Waals surface area (Å²) in [5.41, 5.74) is 1.72. The zero-order chi connectivity index (χ0) is 15.7. The first-order chi connectivity index (χ1) is 11.3. The quantitative estimate of drug-likeness (QED) is 0.876. The number of fused-ring (bicyclic) bond motifs is 1. The van der Waals surface area contributed by atoms with E-state index in [1.54, 1.807) is 0 Å². The van der Waals surface area contributed by atoms with Gasteiger partial charge in [-0.25, -0.2) is 4.98 Å². The van der Waals surface area contributed by atoms with Crippen molar-refractivity contribution in [1.82, 2.24) is 14.9 Å². The van der Waals surface area contributed by atoms with E-state index in [-0.39, 0.29) is 0 Å².